The number of thioether (sulfide) groups is 1. The second kappa shape index (κ2) is 9.49. The monoisotopic (exact) mass is 439 g/mol. The molecule has 0 spiro atoms. The Morgan fingerprint density at radius 3 is 2.55 bits per heavy atom. The lowest BCUT2D eigenvalue weighted by Crippen LogP contribution is -2.46. The summed E-state index contributed by atoms with van der Waals surface area (Å²) in [6.07, 6.45) is 5.36. The Hall–Kier alpha value is -1.58. The van der Waals surface area contributed by atoms with Crippen molar-refractivity contribution in [1.82, 2.24) is 9.62 Å². The topological polar surface area (TPSA) is 86.8 Å². The summed E-state index contributed by atoms with van der Waals surface area (Å²) in [4.78, 5) is 27.5. The summed E-state index contributed by atoms with van der Waals surface area (Å²) in [5, 5.41) is 3.03. The van der Waals surface area contributed by atoms with Crippen LogP contribution < -0.4 is 10.2 Å². The van der Waals surface area contributed by atoms with Gasteiger partial charge in [0, 0.05) is 24.0 Å². The number of hydrogen-bond acceptors (Lipinski definition) is 5. The molecule has 1 heterocycles. The highest BCUT2D eigenvalue weighted by atomic mass is 32.2. The molecule has 1 saturated carbocycles. The standard InChI is InChI=1S/C20H29N3O4S2/c1-3-22(4-2)29(26,27)16-10-11-18-17(12-16)23(20(25)14-28-18)13-19(24)21-15-8-6-5-7-9-15/h10-12,15H,3-9,13-14H2,1-2H3,(H,21,24). The van der Waals surface area contributed by atoms with Crippen LogP contribution in [-0.2, 0) is 19.6 Å². The summed E-state index contributed by atoms with van der Waals surface area (Å²) >= 11 is 1.37. The summed E-state index contributed by atoms with van der Waals surface area (Å²) in [5.74, 6) is -0.134. The van der Waals surface area contributed by atoms with Crippen LogP contribution in [0.15, 0.2) is 28.0 Å². The molecule has 0 unspecified atom stereocenters. The van der Waals surface area contributed by atoms with Gasteiger partial charge in [0.05, 0.1) is 16.3 Å². The van der Waals surface area contributed by atoms with Gasteiger partial charge >= 0.3 is 0 Å². The van der Waals surface area contributed by atoms with E-state index in [2.05, 4.69) is 5.32 Å². The van der Waals surface area contributed by atoms with Gasteiger partial charge in [-0.3, -0.25) is 9.59 Å². The van der Waals surface area contributed by atoms with Crippen LogP contribution in [0, 0.1) is 0 Å². The molecular formula is C20H29N3O4S2. The minimum atomic E-state index is -3.64. The van der Waals surface area contributed by atoms with Crippen molar-refractivity contribution < 1.29 is 18.0 Å². The van der Waals surface area contributed by atoms with Crippen molar-refractivity contribution in [2.45, 2.75) is 61.8 Å². The molecule has 1 aliphatic heterocycles. The number of fused-ring (bicyclic) bond motifs is 1. The Morgan fingerprint density at radius 1 is 1.21 bits per heavy atom. The molecule has 7 nitrogen and oxygen atoms in total. The van der Waals surface area contributed by atoms with E-state index in [1.54, 1.807) is 26.0 Å². The van der Waals surface area contributed by atoms with Gasteiger partial charge in [-0.15, -0.1) is 11.8 Å². The molecule has 0 aromatic heterocycles. The third-order valence-electron chi connectivity index (χ3n) is 5.49. The Balaban J connectivity index is 1.83. The van der Waals surface area contributed by atoms with E-state index in [0.29, 0.717) is 18.8 Å². The van der Waals surface area contributed by atoms with Gasteiger partial charge in [0.1, 0.15) is 6.54 Å². The maximum Gasteiger partial charge on any atom is 0.243 e. The summed E-state index contributed by atoms with van der Waals surface area (Å²) in [5.41, 5.74) is 0.498. The van der Waals surface area contributed by atoms with Crippen LogP contribution in [0.2, 0.25) is 0 Å². The Kier molecular flexibility index (Phi) is 7.23. The van der Waals surface area contributed by atoms with Crippen LogP contribution in [0.25, 0.3) is 0 Å². The lowest BCUT2D eigenvalue weighted by atomic mass is 9.95. The van der Waals surface area contributed by atoms with E-state index in [1.807, 2.05) is 0 Å². The van der Waals surface area contributed by atoms with Crippen molar-refractivity contribution in [2.75, 3.05) is 30.3 Å². The van der Waals surface area contributed by atoms with Crippen molar-refractivity contribution in [3.8, 4) is 0 Å². The highest BCUT2D eigenvalue weighted by Gasteiger charge is 2.30. The molecule has 1 aliphatic carbocycles. The lowest BCUT2D eigenvalue weighted by Gasteiger charge is -2.30. The molecule has 0 radical (unpaired) electrons. The fourth-order valence-electron chi connectivity index (χ4n) is 3.89. The summed E-state index contributed by atoms with van der Waals surface area (Å²) < 4.78 is 27.2. The molecule has 1 aromatic carbocycles. The Bertz CT molecular complexity index is 862. The van der Waals surface area contributed by atoms with Gasteiger partial charge in [-0.2, -0.15) is 4.31 Å². The van der Waals surface area contributed by atoms with E-state index in [-0.39, 0.29) is 35.0 Å². The van der Waals surface area contributed by atoms with Crippen molar-refractivity contribution in [2.24, 2.45) is 0 Å². The number of nitrogens with zero attached hydrogens (tertiary/aromatic N) is 2. The van der Waals surface area contributed by atoms with Gasteiger partial charge in [-0.05, 0) is 31.0 Å². The zero-order chi connectivity index (χ0) is 21.0. The van der Waals surface area contributed by atoms with Gasteiger partial charge in [0.25, 0.3) is 0 Å². The molecule has 1 fully saturated rings. The summed E-state index contributed by atoms with van der Waals surface area (Å²) in [7, 11) is -3.64. The minimum absolute atomic E-state index is 0.0857. The van der Waals surface area contributed by atoms with E-state index in [9.17, 15) is 18.0 Å². The molecule has 29 heavy (non-hydrogen) atoms. The molecule has 9 heteroatoms. The van der Waals surface area contributed by atoms with Crippen molar-refractivity contribution in [3.63, 3.8) is 0 Å². The second-order valence-corrected chi connectivity index (χ2v) is 10.3. The number of carbonyl (C=O) groups is 2. The van der Waals surface area contributed by atoms with Gasteiger partial charge in [0.2, 0.25) is 21.8 Å². The van der Waals surface area contributed by atoms with E-state index in [4.69, 9.17) is 0 Å². The van der Waals surface area contributed by atoms with Crippen molar-refractivity contribution in [3.05, 3.63) is 18.2 Å². The SMILES string of the molecule is CCN(CC)S(=O)(=O)c1ccc2c(c1)N(CC(=O)NC1CCCCC1)C(=O)CS2. The van der Waals surface area contributed by atoms with Crippen LogP contribution >= 0.6 is 11.8 Å². The first kappa shape index (κ1) is 22.1. The van der Waals surface area contributed by atoms with E-state index in [0.717, 1.165) is 30.6 Å². The first-order chi connectivity index (χ1) is 13.9. The quantitative estimate of drug-likeness (QED) is 0.706. The van der Waals surface area contributed by atoms with Gasteiger partial charge in [0.15, 0.2) is 0 Å². The molecule has 0 atom stereocenters. The normalized spacial score (nSPS) is 18.0. The van der Waals surface area contributed by atoms with Crippen LogP contribution in [0.1, 0.15) is 46.0 Å². The molecule has 0 saturated heterocycles. The van der Waals surface area contributed by atoms with Crippen LogP contribution in [-0.4, -0.2) is 56.0 Å². The molecule has 0 bridgehead atoms. The number of nitrogens with one attached hydrogen (secondary N) is 1. The zero-order valence-corrected chi connectivity index (χ0v) is 18.7. The number of rotatable bonds is 7. The fourth-order valence-corrected chi connectivity index (χ4v) is 6.29. The van der Waals surface area contributed by atoms with Crippen molar-refractivity contribution in [1.29, 1.82) is 0 Å². The number of carbonyl (C=O) groups excluding carboxylic acids is 2. The molecule has 2 amide bonds. The summed E-state index contributed by atoms with van der Waals surface area (Å²) in [6, 6.07) is 5.00. The molecule has 160 valence electrons. The average molecular weight is 440 g/mol. The average Bonchev–Trinajstić information content (AvgIpc) is 2.71. The predicted octanol–water partition coefficient (Wildman–Crippen LogP) is 2.60. The molecule has 1 N–H and O–H groups in total. The maximum atomic E-state index is 12.9. The van der Waals surface area contributed by atoms with Gasteiger partial charge in [-0.25, -0.2) is 8.42 Å². The second-order valence-electron chi connectivity index (χ2n) is 7.39. The van der Waals surface area contributed by atoms with Crippen LogP contribution in [0.5, 0.6) is 0 Å². The highest BCUT2D eigenvalue weighted by molar-refractivity contribution is 8.00. The first-order valence-corrected chi connectivity index (χ1v) is 12.7. The molecule has 2 aliphatic rings. The van der Waals surface area contributed by atoms with Gasteiger partial charge < -0.3 is 10.2 Å². The largest absolute Gasteiger partial charge is 0.352 e. The third kappa shape index (κ3) is 4.95. The van der Waals surface area contributed by atoms with E-state index < -0.39 is 10.0 Å². The Labute approximate surface area is 177 Å². The van der Waals surface area contributed by atoms with Gasteiger partial charge in [-0.1, -0.05) is 33.1 Å². The fraction of sp³-hybridized carbons (Fsp3) is 0.600. The molecular weight excluding hydrogens is 410 g/mol. The number of sulfonamides is 1. The third-order valence-corrected chi connectivity index (χ3v) is 8.58. The minimum Gasteiger partial charge on any atom is -0.352 e. The summed E-state index contributed by atoms with van der Waals surface area (Å²) in [6.45, 7) is 4.24. The molecule has 1 aromatic rings. The number of anilines is 1. The highest BCUT2D eigenvalue weighted by Crippen LogP contribution is 2.37. The lowest BCUT2D eigenvalue weighted by molar-refractivity contribution is -0.123. The number of hydrogen-bond donors (Lipinski definition) is 1. The first-order valence-electron chi connectivity index (χ1n) is 10.2. The Morgan fingerprint density at radius 2 is 1.90 bits per heavy atom. The van der Waals surface area contributed by atoms with Crippen LogP contribution in [0.4, 0.5) is 5.69 Å². The van der Waals surface area contributed by atoms with E-state index in [1.165, 1.54) is 33.5 Å². The number of benzene rings is 1. The van der Waals surface area contributed by atoms with E-state index >= 15 is 0 Å². The van der Waals surface area contributed by atoms with Crippen LogP contribution in [0.3, 0.4) is 0 Å². The number of amides is 2. The molecule has 3 rings (SSSR count). The zero-order valence-electron chi connectivity index (χ0n) is 17.0. The maximum absolute atomic E-state index is 12.9. The van der Waals surface area contributed by atoms with Crippen molar-refractivity contribution >= 4 is 39.3 Å². The predicted molar refractivity (Wildman–Crippen MR) is 115 cm³/mol. The smallest absolute Gasteiger partial charge is 0.243 e.